The smallest absolute Gasteiger partial charge is 0.233 e. The molecule has 114 valence electrons. The van der Waals surface area contributed by atoms with Gasteiger partial charge in [0, 0.05) is 26.6 Å². The summed E-state index contributed by atoms with van der Waals surface area (Å²) in [6, 6.07) is 4.85. The summed E-state index contributed by atoms with van der Waals surface area (Å²) in [6.07, 6.45) is 0. The van der Waals surface area contributed by atoms with Gasteiger partial charge < -0.3 is 4.74 Å². The molecule has 7 heteroatoms. The van der Waals surface area contributed by atoms with E-state index in [2.05, 4.69) is 0 Å². The molecule has 1 rings (SSSR count). The van der Waals surface area contributed by atoms with Crippen molar-refractivity contribution in [2.75, 3.05) is 12.4 Å². The van der Waals surface area contributed by atoms with Gasteiger partial charge in [0.25, 0.3) is 0 Å². The van der Waals surface area contributed by atoms with Gasteiger partial charge in [0.15, 0.2) is 0 Å². The second-order valence-corrected chi connectivity index (χ2v) is 9.38. The third kappa shape index (κ3) is 6.53. The van der Waals surface area contributed by atoms with Gasteiger partial charge in [-0.1, -0.05) is 44.0 Å². The van der Waals surface area contributed by atoms with E-state index in [-0.39, 0.29) is 23.7 Å². The highest BCUT2D eigenvalue weighted by Gasteiger charge is 2.29. The summed E-state index contributed by atoms with van der Waals surface area (Å²) in [4.78, 5) is 0. The molecule has 0 amide bonds. The van der Waals surface area contributed by atoms with E-state index in [0.717, 1.165) is 0 Å². The topological polar surface area (TPSA) is 43.4 Å². The van der Waals surface area contributed by atoms with Gasteiger partial charge >= 0.3 is 0 Å². The molecule has 1 atom stereocenters. The maximum atomic E-state index is 11.3. The van der Waals surface area contributed by atoms with E-state index < -0.39 is 9.05 Å². The lowest BCUT2D eigenvalue weighted by atomic mass is 9.82. The van der Waals surface area contributed by atoms with Crippen molar-refractivity contribution < 1.29 is 13.2 Å². The molecule has 20 heavy (non-hydrogen) atoms. The van der Waals surface area contributed by atoms with Crippen molar-refractivity contribution in [1.82, 2.24) is 0 Å². The summed E-state index contributed by atoms with van der Waals surface area (Å²) in [7, 11) is 1.75. The Bertz CT molecular complexity index is 544. The van der Waals surface area contributed by atoms with E-state index in [9.17, 15) is 8.42 Å². The summed E-state index contributed by atoms with van der Waals surface area (Å²) in [5, 5.41) is 0.926. The minimum absolute atomic E-state index is 0.146. The Morgan fingerprint density at radius 1 is 1.15 bits per heavy atom. The first-order valence-corrected chi connectivity index (χ1v) is 9.22. The number of ether oxygens (including phenoxy) is 1. The quantitative estimate of drug-likeness (QED) is 0.721. The average Bonchev–Trinajstić information content (AvgIpc) is 2.19. The fourth-order valence-electron chi connectivity index (χ4n) is 1.60. The monoisotopic (exact) mass is 358 g/mol. The third-order valence-corrected chi connectivity index (χ3v) is 4.53. The van der Waals surface area contributed by atoms with Gasteiger partial charge in [-0.25, -0.2) is 8.42 Å². The summed E-state index contributed by atoms with van der Waals surface area (Å²) in [6.45, 7) is 6.03. The summed E-state index contributed by atoms with van der Waals surface area (Å²) in [5.41, 5.74) is -0.260. The number of halogens is 3. The number of hydrogen-bond donors (Lipinski definition) is 0. The van der Waals surface area contributed by atoms with E-state index in [1.807, 2.05) is 20.8 Å². The molecule has 0 bridgehead atoms. The zero-order valence-electron chi connectivity index (χ0n) is 11.5. The van der Waals surface area contributed by atoms with Crippen LogP contribution in [0.15, 0.2) is 18.2 Å². The Morgan fingerprint density at radius 2 is 1.65 bits per heavy atom. The fourth-order valence-corrected chi connectivity index (χ4v) is 3.64. The van der Waals surface area contributed by atoms with Crippen LogP contribution in [0, 0.1) is 11.3 Å². The number of rotatable bonds is 5. The third-order valence-electron chi connectivity index (χ3n) is 2.91. The van der Waals surface area contributed by atoms with Crippen LogP contribution < -0.4 is 4.74 Å². The lowest BCUT2D eigenvalue weighted by Crippen LogP contribution is -2.31. The molecule has 0 saturated carbocycles. The highest BCUT2D eigenvalue weighted by Crippen LogP contribution is 2.30. The largest absolute Gasteiger partial charge is 0.493 e. The van der Waals surface area contributed by atoms with Gasteiger partial charge in [0.05, 0.1) is 12.4 Å². The van der Waals surface area contributed by atoms with E-state index in [4.69, 9.17) is 38.6 Å². The lowest BCUT2D eigenvalue weighted by Gasteiger charge is -2.29. The van der Waals surface area contributed by atoms with Crippen molar-refractivity contribution >= 4 is 42.9 Å². The van der Waals surface area contributed by atoms with Crippen LogP contribution in [0.4, 0.5) is 0 Å². The van der Waals surface area contributed by atoms with Crippen LogP contribution in [0.5, 0.6) is 5.75 Å². The van der Waals surface area contributed by atoms with Crippen molar-refractivity contribution in [2.45, 2.75) is 20.8 Å². The van der Waals surface area contributed by atoms with Crippen molar-refractivity contribution in [2.24, 2.45) is 11.3 Å². The summed E-state index contributed by atoms with van der Waals surface area (Å²) in [5.74, 6) is 0.110. The standard InChI is InChI=1S/C13H17Cl3O3S/c1-13(2,3)9(8-20(16,17)18)7-19-12-5-10(14)4-11(15)6-12/h4-6,9H,7-8H2,1-3H3. The van der Waals surface area contributed by atoms with Crippen LogP contribution >= 0.6 is 33.9 Å². The molecule has 0 aliphatic carbocycles. The second kappa shape index (κ2) is 6.73. The second-order valence-electron chi connectivity index (χ2n) is 5.68. The molecular formula is C13H17Cl3O3S. The van der Waals surface area contributed by atoms with Gasteiger partial charge in [-0.2, -0.15) is 0 Å². The minimum atomic E-state index is -3.59. The molecule has 0 fully saturated rings. The lowest BCUT2D eigenvalue weighted by molar-refractivity contribution is 0.163. The zero-order chi connectivity index (χ0) is 15.6. The Kier molecular flexibility index (Phi) is 6.02. The molecular weight excluding hydrogens is 343 g/mol. The van der Waals surface area contributed by atoms with Crippen LogP contribution in [-0.2, 0) is 9.05 Å². The van der Waals surface area contributed by atoms with Crippen molar-refractivity contribution in [3.63, 3.8) is 0 Å². The van der Waals surface area contributed by atoms with Crippen LogP contribution in [0.2, 0.25) is 10.0 Å². The van der Waals surface area contributed by atoms with Crippen molar-refractivity contribution in [3.05, 3.63) is 28.2 Å². The van der Waals surface area contributed by atoms with Gasteiger partial charge in [-0.05, 0) is 23.6 Å². The molecule has 0 radical (unpaired) electrons. The highest BCUT2D eigenvalue weighted by atomic mass is 35.7. The Balaban J connectivity index is 2.81. The first-order chi connectivity index (χ1) is 8.97. The van der Waals surface area contributed by atoms with E-state index in [1.54, 1.807) is 18.2 Å². The average molecular weight is 360 g/mol. The predicted octanol–water partition coefficient (Wildman–Crippen LogP) is 4.60. The number of hydrogen-bond acceptors (Lipinski definition) is 3. The van der Waals surface area contributed by atoms with Gasteiger partial charge in [-0.15, -0.1) is 0 Å². The van der Waals surface area contributed by atoms with Crippen molar-refractivity contribution in [3.8, 4) is 5.75 Å². The Labute approximate surface area is 134 Å². The van der Waals surface area contributed by atoms with Crippen LogP contribution in [0.3, 0.4) is 0 Å². The molecule has 1 aromatic carbocycles. The molecule has 1 unspecified atom stereocenters. The van der Waals surface area contributed by atoms with Gasteiger partial charge in [-0.3, -0.25) is 0 Å². The maximum Gasteiger partial charge on any atom is 0.233 e. The molecule has 0 spiro atoms. The van der Waals surface area contributed by atoms with E-state index in [1.165, 1.54) is 0 Å². The fraction of sp³-hybridized carbons (Fsp3) is 0.538. The highest BCUT2D eigenvalue weighted by molar-refractivity contribution is 8.13. The molecule has 3 nitrogen and oxygen atoms in total. The SMILES string of the molecule is CC(C)(C)C(COc1cc(Cl)cc(Cl)c1)CS(=O)(=O)Cl. The zero-order valence-corrected chi connectivity index (χ0v) is 14.6. The van der Waals surface area contributed by atoms with Crippen LogP contribution in [0.25, 0.3) is 0 Å². The molecule has 0 aliphatic heterocycles. The van der Waals surface area contributed by atoms with Crippen molar-refractivity contribution in [1.29, 1.82) is 0 Å². The Hall–Kier alpha value is -0.160. The van der Waals surface area contributed by atoms with E-state index >= 15 is 0 Å². The predicted molar refractivity (Wildman–Crippen MR) is 84.5 cm³/mol. The maximum absolute atomic E-state index is 11.3. The van der Waals surface area contributed by atoms with Gasteiger partial charge in [0.2, 0.25) is 9.05 Å². The molecule has 1 aromatic rings. The molecule has 0 saturated heterocycles. The molecule has 0 aliphatic rings. The van der Waals surface area contributed by atoms with E-state index in [0.29, 0.717) is 15.8 Å². The van der Waals surface area contributed by atoms with Gasteiger partial charge in [0.1, 0.15) is 5.75 Å². The normalized spacial score (nSPS) is 14.1. The summed E-state index contributed by atoms with van der Waals surface area (Å²) < 4.78 is 28.2. The molecule has 0 aromatic heterocycles. The summed E-state index contributed by atoms with van der Waals surface area (Å²) >= 11 is 11.8. The first kappa shape index (κ1) is 17.9. The molecule has 0 N–H and O–H groups in total. The minimum Gasteiger partial charge on any atom is -0.493 e. The van der Waals surface area contributed by atoms with Crippen LogP contribution in [0.1, 0.15) is 20.8 Å². The Morgan fingerprint density at radius 3 is 2.05 bits per heavy atom. The van der Waals surface area contributed by atoms with Crippen LogP contribution in [-0.4, -0.2) is 20.8 Å². The molecule has 0 heterocycles. The first-order valence-electron chi connectivity index (χ1n) is 5.98. The number of benzene rings is 1.